The minimum Gasteiger partial charge on any atom is -0.249 e. The second-order valence-corrected chi connectivity index (χ2v) is 12.9. The van der Waals surface area contributed by atoms with E-state index in [9.17, 15) is 0 Å². The van der Waals surface area contributed by atoms with Gasteiger partial charge in [0.1, 0.15) is 0 Å². The van der Waals surface area contributed by atoms with Crippen LogP contribution < -0.4 is 0 Å². The summed E-state index contributed by atoms with van der Waals surface area (Å²) in [5.74, 6) is 0. The number of benzene rings is 5. The lowest BCUT2D eigenvalue weighted by Crippen LogP contribution is -2.16. The van der Waals surface area contributed by atoms with E-state index >= 15 is 0 Å². The summed E-state index contributed by atoms with van der Waals surface area (Å²) in [6.45, 7) is 4.56. The van der Waals surface area contributed by atoms with E-state index in [1.54, 1.807) is 0 Å². The number of hydrogen-bond acceptors (Lipinski definition) is 3. The maximum Gasteiger partial charge on any atom is 0.0972 e. The SMILES string of the molecule is CC1(C)c2ccccc2-c2cc3ccc4ccc(-c5ccc(-c6cccc7c6sc6ccccc67)cc5)nc4c3nc21. The molecule has 0 atom stereocenters. The highest BCUT2D eigenvalue weighted by molar-refractivity contribution is 7.26. The Morgan fingerprint density at radius 2 is 1.24 bits per heavy atom. The zero-order valence-electron chi connectivity index (χ0n) is 23.3. The van der Waals surface area contributed by atoms with Crippen molar-refractivity contribution in [2.75, 3.05) is 0 Å². The summed E-state index contributed by atoms with van der Waals surface area (Å²) in [6, 6.07) is 43.9. The third-order valence-electron chi connectivity index (χ3n) is 9.02. The lowest BCUT2D eigenvalue weighted by molar-refractivity contribution is 0.640. The average Bonchev–Trinajstić information content (AvgIpc) is 3.52. The van der Waals surface area contributed by atoms with Crippen LogP contribution in [0.3, 0.4) is 0 Å². The molecule has 0 bridgehead atoms. The van der Waals surface area contributed by atoms with Gasteiger partial charge in [0.25, 0.3) is 0 Å². The third kappa shape index (κ3) is 3.32. The molecule has 1 aliphatic carbocycles. The molecule has 42 heavy (non-hydrogen) atoms. The lowest BCUT2D eigenvalue weighted by Gasteiger charge is -2.20. The van der Waals surface area contributed by atoms with Crippen LogP contribution in [0.4, 0.5) is 0 Å². The highest BCUT2D eigenvalue weighted by Gasteiger charge is 2.37. The number of pyridine rings is 2. The fraction of sp³-hybridized carbons (Fsp3) is 0.0769. The number of rotatable bonds is 2. The van der Waals surface area contributed by atoms with Crippen LogP contribution in [0.2, 0.25) is 0 Å². The minimum atomic E-state index is -0.146. The topological polar surface area (TPSA) is 25.8 Å². The van der Waals surface area contributed by atoms with Crippen LogP contribution in [0, 0.1) is 0 Å². The van der Waals surface area contributed by atoms with Crippen molar-refractivity contribution in [2.24, 2.45) is 0 Å². The molecule has 0 saturated heterocycles. The number of aromatic nitrogens is 2. The van der Waals surface area contributed by atoms with E-state index in [0.717, 1.165) is 38.8 Å². The van der Waals surface area contributed by atoms with Crippen LogP contribution >= 0.6 is 11.3 Å². The second-order valence-electron chi connectivity index (χ2n) is 11.8. The van der Waals surface area contributed by atoms with E-state index in [4.69, 9.17) is 9.97 Å². The summed E-state index contributed by atoms with van der Waals surface area (Å²) in [5, 5.41) is 4.89. The quantitative estimate of drug-likeness (QED) is 0.199. The molecule has 3 aromatic heterocycles. The van der Waals surface area contributed by atoms with Gasteiger partial charge in [-0.3, -0.25) is 0 Å². The predicted octanol–water partition coefficient (Wildman–Crippen LogP) is 10.8. The molecule has 0 unspecified atom stereocenters. The van der Waals surface area contributed by atoms with Crippen molar-refractivity contribution < 1.29 is 0 Å². The Kier molecular flexibility index (Phi) is 4.86. The molecule has 5 aromatic carbocycles. The largest absolute Gasteiger partial charge is 0.249 e. The Hall–Kier alpha value is -4.86. The number of fused-ring (bicyclic) bond motifs is 9. The van der Waals surface area contributed by atoms with Crippen molar-refractivity contribution >= 4 is 53.3 Å². The molecule has 0 amide bonds. The van der Waals surface area contributed by atoms with Gasteiger partial charge in [-0.25, -0.2) is 9.97 Å². The molecule has 1 aliphatic rings. The fourth-order valence-corrected chi connectivity index (χ4v) is 8.09. The van der Waals surface area contributed by atoms with Gasteiger partial charge in [-0.15, -0.1) is 11.3 Å². The summed E-state index contributed by atoms with van der Waals surface area (Å²) in [7, 11) is 0. The number of nitrogens with zero attached hydrogens (tertiary/aromatic N) is 2. The molecule has 9 rings (SSSR count). The highest BCUT2D eigenvalue weighted by atomic mass is 32.1. The smallest absolute Gasteiger partial charge is 0.0972 e. The first kappa shape index (κ1) is 23.8. The van der Waals surface area contributed by atoms with Crippen LogP contribution in [0.1, 0.15) is 25.1 Å². The van der Waals surface area contributed by atoms with Crippen LogP contribution in [-0.2, 0) is 5.41 Å². The van der Waals surface area contributed by atoms with E-state index < -0.39 is 0 Å². The molecule has 0 spiro atoms. The van der Waals surface area contributed by atoms with Crippen LogP contribution in [-0.4, -0.2) is 9.97 Å². The predicted molar refractivity (Wildman–Crippen MR) is 178 cm³/mol. The second kappa shape index (κ2) is 8.58. The normalized spacial score (nSPS) is 13.7. The summed E-state index contributed by atoms with van der Waals surface area (Å²) >= 11 is 1.87. The molecule has 0 N–H and O–H groups in total. The van der Waals surface area contributed by atoms with Crippen molar-refractivity contribution in [3.05, 3.63) is 133 Å². The summed E-state index contributed by atoms with van der Waals surface area (Å²) < 4.78 is 2.67. The van der Waals surface area contributed by atoms with E-state index in [-0.39, 0.29) is 5.41 Å². The van der Waals surface area contributed by atoms with Gasteiger partial charge in [-0.05, 0) is 40.5 Å². The molecule has 3 heteroatoms. The average molecular weight is 555 g/mol. The van der Waals surface area contributed by atoms with Gasteiger partial charge in [0.2, 0.25) is 0 Å². The zero-order valence-corrected chi connectivity index (χ0v) is 24.2. The maximum absolute atomic E-state index is 5.33. The maximum atomic E-state index is 5.33. The molecule has 198 valence electrons. The van der Waals surface area contributed by atoms with Gasteiger partial charge < -0.3 is 0 Å². The van der Waals surface area contributed by atoms with Crippen LogP contribution in [0.15, 0.2) is 121 Å². The third-order valence-corrected chi connectivity index (χ3v) is 10.2. The van der Waals surface area contributed by atoms with Crippen molar-refractivity contribution in [2.45, 2.75) is 19.3 Å². The van der Waals surface area contributed by atoms with Crippen LogP contribution in [0.25, 0.3) is 75.5 Å². The molecular weight excluding hydrogens is 529 g/mol. The Morgan fingerprint density at radius 1 is 0.548 bits per heavy atom. The summed E-state index contributed by atoms with van der Waals surface area (Å²) in [4.78, 5) is 10.5. The van der Waals surface area contributed by atoms with Crippen molar-refractivity contribution in [1.82, 2.24) is 9.97 Å². The molecule has 8 aromatic rings. The Balaban J connectivity index is 1.16. The highest BCUT2D eigenvalue weighted by Crippen LogP contribution is 2.48. The van der Waals surface area contributed by atoms with Gasteiger partial charge >= 0.3 is 0 Å². The van der Waals surface area contributed by atoms with Gasteiger partial charge in [-0.1, -0.05) is 117 Å². The van der Waals surface area contributed by atoms with Gasteiger partial charge in [0.15, 0.2) is 0 Å². The van der Waals surface area contributed by atoms with E-state index in [0.29, 0.717) is 0 Å². The first-order valence-electron chi connectivity index (χ1n) is 14.4. The van der Waals surface area contributed by atoms with Crippen molar-refractivity contribution in [3.8, 4) is 33.5 Å². The summed E-state index contributed by atoms with van der Waals surface area (Å²) in [6.07, 6.45) is 0. The Labute approximate surface area is 247 Å². The van der Waals surface area contributed by atoms with Gasteiger partial charge in [0.05, 0.1) is 22.4 Å². The molecule has 2 nitrogen and oxygen atoms in total. The molecular formula is C39H26N2S. The first-order valence-corrected chi connectivity index (χ1v) is 15.2. The number of hydrogen-bond donors (Lipinski definition) is 0. The van der Waals surface area contributed by atoms with E-state index in [2.05, 4.69) is 135 Å². The molecule has 0 saturated carbocycles. The Morgan fingerprint density at radius 3 is 2.14 bits per heavy atom. The monoisotopic (exact) mass is 554 g/mol. The standard InChI is InChI=1S/C39H26N2S/c1-39(2)32-12-5-3-8-28(32)31-22-26-19-18-25-20-21-33(40-35(25)36(26)41-38(31)39)24-16-14-23(15-17-24)27-10-7-11-30-29-9-4-6-13-34(29)42-37(27)30/h3-22H,1-2H3. The van der Waals surface area contributed by atoms with Gasteiger partial charge in [-0.2, -0.15) is 0 Å². The van der Waals surface area contributed by atoms with Crippen molar-refractivity contribution in [1.29, 1.82) is 0 Å². The first-order chi connectivity index (χ1) is 20.6. The minimum absolute atomic E-state index is 0.146. The van der Waals surface area contributed by atoms with E-state index in [1.165, 1.54) is 48.0 Å². The van der Waals surface area contributed by atoms with Crippen molar-refractivity contribution in [3.63, 3.8) is 0 Å². The Bertz CT molecular complexity index is 2380. The molecule has 0 radical (unpaired) electrons. The van der Waals surface area contributed by atoms with E-state index in [1.807, 2.05) is 11.3 Å². The summed E-state index contributed by atoms with van der Waals surface area (Å²) in [5.41, 5.74) is 11.4. The molecule has 0 fully saturated rings. The lowest BCUT2D eigenvalue weighted by atomic mass is 9.85. The zero-order chi connectivity index (χ0) is 28.0. The molecule has 3 heterocycles. The number of thiophene rings is 1. The van der Waals surface area contributed by atoms with Crippen LogP contribution in [0.5, 0.6) is 0 Å². The van der Waals surface area contributed by atoms with Gasteiger partial charge in [0, 0.05) is 47.5 Å². The molecule has 0 aliphatic heterocycles. The fourth-order valence-electron chi connectivity index (χ4n) is 6.85.